The summed E-state index contributed by atoms with van der Waals surface area (Å²) in [5, 5.41) is 5.01. The lowest BCUT2D eigenvalue weighted by molar-refractivity contribution is -0.126. The van der Waals surface area contributed by atoms with Gasteiger partial charge in [0.05, 0.1) is 24.1 Å². The van der Waals surface area contributed by atoms with Crippen LogP contribution in [0.1, 0.15) is 15.9 Å². The number of halogens is 1. The summed E-state index contributed by atoms with van der Waals surface area (Å²) in [6.07, 6.45) is 0.948. The highest BCUT2D eigenvalue weighted by Gasteiger charge is 2.16. The molecule has 9 nitrogen and oxygen atoms in total. The van der Waals surface area contributed by atoms with E-state index < -0.39 is 34.4 Å². The molecule has 0 aliphatic carbocycles. The van der Waals surface area contributed by atoms with Gasteiger partial charge in [0, 0.05) is 10.2 Å². The Kier molecular flexibility index (Phi) is 7.95. The highest BCUT2D eigenvalue weighted by molar-refractivity contribution is 9.10. The standard InChI is InChI=1S/C19H20BrN3O6S/c1-12-9-13(20)7-8-15(12)22-17(24)10-21-18(25)11-29-19(26)14-5-3-4-6-16(14)23-30(2,27)28/h3-9,23H,10-11H2,1-2H3,(H,21,25)(H,22,24). The molecule has 30 heavy (non-hydrogen) atoms. The second-order valence-electron chi connectivity index (χ2n) is 6.28. The van der Waals surface area contributed by atoms with Crippen LogP contribution in [0.25, 0.3) is 0 Å². The van der Waals surface area contributed by atoms with Gasteiger partial charge in [0.15, 0.2) is 6.61 Å². The van der Waals surface area contributed by atoms with Crippen LogP contribution >= 0.6 is 15.9 Å². The molecule has 0 saturated carbocycles. The summed E-state index contributed by atoms with van der Waals surface area (Å²) < 4.78 is 30.8. The van der Waals surface area contributed by atoms with Crippen molar-refractivity contribution >= 4 is 55.1 Å². The second kappa shape index (κ2) is 10.2. The lowest BCUT2D eigenvalue weighted by atomic mass is 10.2. The number of para-hydroxylation sites is 1. The number of sulfonamides is 1. The van der Waals surface area contributed by atoms with E-state index in [4.69, 9.17) is 4.74 Å². The number of nitrogens with one attached hydrogen (secondary N) is 3. The quantitative estimate of drug-likeness (QED) is 0.478. The third-order valence-corrected chi connectivity index (χ3v) is 4.77. The van der Waals surface area contributed by atoms with Crippen molar-refractivity contribution in [2.75, 3.05) is 29.4 Å². The Morgan fingerprint density at radius 3 is 2.40 bits per heavy atom. The van der Waals surface area contributed by atoms with Crippen LogP contribution in [0.5, 0.6) is 0 Å². The van der Waals surface area contributed by atoms with Gasteiger partial charge in [-0.25, -0.2) is 13.2 Å². The van der Waals surface area contributed by atoms with Crippen LogP contribution in [0.15, 0.2) is 46.9 Å². The van der Waals surface area contributed by atoms with Crippen LogP contribution in [-0.4, -0.2) is 45.6 Å². The number of carbonyl (C=O) groups excluding carboxylic acids is 3. The Hall–Kier alpha value is -2.92. The number of esters is 1. The van der Waals surface area contributed by atoms with Crippen molar-refractivity contribution in [2.24, 2.45) is 0 Å². The minimum Gasteiger partial charge on any atom is -0.452 e. The zero-order valence-corrected chi connectivity index (χ0v) is 18.6. The number of hydrogen-bond acceptors (Lipinski definition) is 6. The maximum Gasteiger partial charge on any atom is 0.340 e. The number of ether oxygens (including phenoxy) is 1. The first-order chi connectivity index (χ1) is 14.0. The molecule has 0 heterocycles. The van der Waals surface area contributed by atoms with Gasteiger partial charge >= 0.3 is 5.97 Å². The third-order valence-electron chi connectivity index (χ3n) is 3.69. The lowest BCUT2D eigenvalue weighted by Gasteiger charge is -2.11. The highest BCUT2D eigenvalue weighted by Crippen LogP contribution is 2.20. The van der Waals surface area contributed by atoms with Gasteiger partial charge in [-0.15, -0.1) is 0 Å². The third kappa shape index (κ3) is 7.48. The molecule has 11 heteroatoms. The fourth-order valence-corrected chi connectivity index (χ4v) is 3.40. The minimum atomic E-state index is -3.60. The SMILES string of the molecule is Cc1cc(Br)ccc1NC(=O)CNC(=O)COC(=O)c1ccccc1NS(C)(=O)=O. The van der Waals surface area contributed by atoms with E-state index in [-0.39, 0.29) is 17.8 Å². The molecule has 0 aromatic heterocycles. The average molecular weight is 498 g/mol. The van der Waals surface area contributed by atoms with E-state index in [9.17, 15) is 22.8 Å². The number of carbonyl (C=O) groups is 3. The molecular formula is C19H20BrN3O6S. The molecule has 3 N–H and O–H groups in total. The molecule has 160 valence electrons. The molecular weight excluding hydrogens is 478 g/mol. The first-order valence-electron chi connectivity index (χ1n) is 8.62. The Balaban J connectivity index is 1.85. The molecule has 0 unspecified atom stereocenters. The Morgan fingerprint density at radius 1 is 1.03 bits per heavy atom. The summed E-state index contributed by atoms with van der Waals surface area (Å²) in [6, 6.07) is 11.2. The summed E-state index contributed by atoms with van der Waals surface area (Å²) in [4.78, 5) is 36.0. The normalized spacial score (nSPS) is 10.8. The van der Waals surface area contributed by atoms with Crippen LogP contribution in [0.2, 0.25) is 0 Å². The first-order valence-corrected chi connectivity index (χ1v) is 11.3. The van der Waals surface area contributed by atoms with Gasteiger partial charge in [-0.3, -0.25) is 14.3 Å². The van der Waals surface area contributed by atoms with Crippen LogP contribution in [-0.2, 0) is 24.3 Å². The van der Waals surface area contributed by atoms with Gasteiger partial charge < -0.3 is 15.4 Å². The van der Waals surface area contributed by atoms with Crippen molar-refractivity contribution in [3.05, 3.63) is 58.1 Å². The van der Waals surface area contributed by atoms with E-state index in [1.165, 1.54) is 18.2 Å². The van der Waals surface area contributed by atoms with E-state index in [1.54, 1.807) is 18.2 Å². The summed E-state index contributed by atoms with van der Waals surface area (Å²) in [7, 11) is -3.60. The Morgan fingerprint density at radius 2 is 1.73 bits per heavy atom. The monoisotopic (exact) mass is 497 g/mol. The molecule has 2 aromatic rings. The largest absolute Gasteiger partial charge is 0.452 e. The fourth-order valence-electron chi connectivity index (χ4n) is 2.35. The average Bonchev–Trinajstić information content (AvgIpc) is 2.66. The Labute approximate surface area is 182 Å². The van der Waals surface area contributed by atoms with Crippen molar-refractivity contribution in [1.82, 2.24) is 5.32 Å². The minimum absolute atomic E-state index is 0.0367. The molecule has 2 aromatic carbocycles. The van der Waals surface area contributed by atoms with E-state index in [0.717, 1.165) is 16.3 Å². The van der Waals surface area contributed by atoms with Gasteiger partial charge in [-0.2, -0.15) is 0 Å². The summed E-state index contributed by atoms with van der Waals surface area (Å²) in [5.41, 5.74) is 1.45. The van der Waals surface area contributed by atoms with Crippen molar-refractivity contribution in [3.63, 3.8) is 0 Å². The molecule has 2 amide bonds. The van der Waals surface area contributed by atoms with Gasteiger partial charge in [0.2, 0.25) is 15.9 Å². The molecule has 2 rings (SSSR count). The topological polar surface area (TPSA) is 131 Å². The highest BCUT2D eigenvalue weighted by atomic mass is 79.9. The molecule has 0 aliphatic heterocycles. The maximum atomic E-state index is 12.2. The van der Waals surface area contributed by atoms with Crippen molar-refractivity contribution < 1.29 is 27.5 Å². The molecule has 0 fully saturated rings. The fraction of sp³-hybridized carbons (Fsp3) is 0.211. The molecule has 0 bridgehead atoms. The van der Waals surface area contributed by atoms with Gasteiger partial charge in [0.25, 0.3) is 5.91 Å². The zero-order chi connectivity index (χ0) is 22.3. The van der Waals surface area contributed by atoms with Crippen LogP contribution in [0, 0.1) is 6.92 Å². The van der Waals surface area contributed by atoms with Crippen LogP contribution in [0.4, 0.5) is 11.4 Å². The summed E-state index contributed by atoms with van der Waals surface area (Å²) in [6.45, 7) is 0.892. The number of rotatable bonds is 8. The molecule has 0 atom stereocenters. The van der Waals surface area contributed by atoms with Crippen LogP contribution in [0.3, 0.4) is 0 Å². The number of anilines is 2. The molecule has 0 radical (unpaired) electrons. The predicted octanol–water partition coefficient (Wildman–Crippen LogP) is 2.04. The predicted molar refractivity (Wildman–Crippen MR) is 116 cm³/mol. The van der Waals surface area contributed by atoms with Crippen molar-refractivity contribution in [3.8, 4) is 0 Å². The number of amides is 2. The smallest absolute Gasteiger partial charge is 0.340 e. The molecule has 0 saturated heterocycles. The van der Waals surface area contributed by atoms with E-state index in [0.29, 0.717) is 5.69 Å². The molecule has 0 spiro atoms. The van der Waals surface area contributed by atoms with Crippen molar-refractivity contribution in [2.45, 2.75) is 6.92 Å². The summed E-state index contributed by atoms with van der Waals surface area (Å²) in [5.74, 6) is -2.01. The zero-order valence-electron chi connectivity index (χ0n) is 16.2. The second-order valence-corrected chi connectivity index (χ2v) is 8.94. The lowest BCUT2D eigenvalue weighted by Crippen LogP contribution is -2.35. The number of aryl methyl sites for hydroxylation is 1. The van der Waals surface area contributed by atoms with E-state index >= 15 is 0 Å². The molecule has 0 aliphatic rings. The van der Waals surface area contributed by atoms with E-state index in [2.05, 4.69) is 31.3 Å². The van der Waals surface area contributed by atoms with Gasteiger partial charge in [-0.1, -0.05) is 28.1 Å². The van der Waals surface area contributed by atoms with Gasteiger partial charge in [0.1, 0.15) is 0 Å². The van der Waals surface area contributed by atoms with Gasteiger partial charge in [-0.05, 0) is 42.8 Å². The van der Waals surface area contributed by atoms with E-state index in [1.807, 2.05) is 13.0 Å². The van der Waals surface area contributed by atoms with Crippen molar-refractivity contribution in [1.29, 1.82) is 0 Å². The van der Waals surface area contributed by atoms with Crippen LogP contribution < -0.4 is 15.4 Å². The Bertz CT molecular complexity index is 1070. The maximum absolute atomic E-state index is 12.2. The first kappa shape index (κ1) is 23.4. The number of hydrogen-bond donors (Lipinski definition) is 3. The number of benzene rings is 2. The summed E-state index contributed by atoms with van der Waals surface area (Å²) >= 11 is 3.33.